The van der Waals surface area contributed by atoms with Gasteiger partial charge in [0.15, 0.2) is 5.82 Å². The summed E-state index contributed by atoms with van der Waals surface area (Å²) in [5, 5.41) is 8.31. The van der Waals surface area contributed by atoms with Crippen molar-refractivity contribution < 1.29 is 4.39 Å². The highest BCUT2D eigenvalue weighted by molar-refractivity contribution is 6.16. The molecule has 0 radical (unpaired) electrons. The van der Waals surface area contributed by atoms with E-state index in [1.165, 1.54) is 12.1 Å². The Bertz CT molecular complexity index is 740. The number of alkyl halides is 1. The number of para-hydroxylation sites is 1. The lowest BCUT2D eigenvalue weighted by atomic mass is 10.1. The number of aromatic nitrogens is 3. The summed E-state index contributed by atoms with van der Waals surface area (Å²) in [6.07, 6.45) is 0.497. The maximum atomic E-state index is 13.3. The molecule has 3 rings (SSSR count). The van der Waals surface area contributed by atoms with Crippen molar-refractivity contribution in [3.63, 3.8) is 0 Å². The van der Waals surface area contributed by atoms with E-state index >= 15 is 0 Å². The van der Waals surface area contributed by atoms with Gasteiger partial charge in [0.1, 0.15) is 11.6 Å². The van der Waals surface area contributed by atoms with E-state index < -0.39 is 0 Å². The normalized spacial score (nSPS) is 10.8. The molecule has 0 fully saturated rings. The van der Waals surface area contributed by atoms with Gasteiger partial charge in [-0.05, 0) is 29.8 Å². The molecule has 0 spiro atoms. The van der Waals surface area contributed by atoms with Crippen molar-refractivity contribution >= 4 is 11.6 Å². The Hall–Kier alpha value is -2.20. The van der Waals surface area contributed by atoms with Gasteiger partial charge in [0.25, 0.3) is 0 Å². The fourth-order valence-electron chi connectivity index (χ4n) is 2.26. The predicted octanol–water partition coefficient (Wildman–Crippen LogP) is 3.74. The summed E-state index contributed by atoms with van der Waals surface area (Å²) in [6, 6.07) is 16.3. The molecule has 2 aromatic carbocycles. The molecule has 0 aliphatic carbocycles. The Morgan fingerprint density at radius 1 is 0.952 bits per heavy atom. The molecular weight excluding hydrogens is 289 g/mol. The molecule has 0 atom stereocenters. The third-order valence-corrected chi connectivity index (χ3v) is 3.42. The monoisotopic (exact) mass is 301 g/mol. The number of hydrogen-bond acceptors (Lipinski definition) is 2. The van der Waals surface area contributed by atoms with Crippen LogP contribution in [0.3, 0.4) is 0 Å². The van der Waals surface area contributed by atoms with Crippen LogP contribution in [0.2, 0.25) is 0 Å². The molecule has 3 aromatic rings. The molecule has 21 heavy (non-hydrogen) atoms. The quantitative estimate of drug-likeness (QED) is 0.687. The van der Waals surface area contributed by atoms with Crippen LogP contribution < -0.4 is 0 Å². The Morgan fingerprint density at radius 2 is 1.71 bits per heavy atom. The Kier molecular flexibility index (Phi) is 3.97. The van der Waals surface area contributed by atoms with Gasteiger partial charge in [-0.3, -0.25) is 4.57 Å². The van der Waals surface area contributed by atoms with Crippen molar-refractivity contribution in [2.75, 3.05) is 0 Å². The van der Waals surface area contributed by atoms with E-state index in [-0.39, 0.29) is 11.7 Å². The first-order valence-corrected chi connectivity index (χ1v) is 7.10. The van der Waals surface area contributed by atoms with Crippen LogP contribution in [0, 0.1) is 5.82 Å². The molecular formula is C16H13ClFN3. The molecule has 5 heteroatoms. The summed E-state index contributed by atoms with van der Waals surface area (Å²) in [5.41, 5.74) is 1.80. The SMILES string of the molecule is Fc1cccc(Cc2nnc(CCl)n2-c2ccccc2)c1. The smallest absolute Gasteiger partial charge is 0.152 e. The highest BCUT2D eigenvalue weighted by atomic mass is 35.5. The Balaban J connectivity index is 2.02. The molecule has 1 heterocycles. The second-order valence-corrected chi connectivity index (χ2v) is 4.91. The number of nitrogens with zero attached hydrogens (tertiary/aromatic N) is 3. The minimum Gasteiger partial charge on any atom is -0.282 e. The van der Waals surface area contributed by atoms with Gasteiger partial charge < -0.3 is 0 Å². The van der Waals surface area contributed by atoms with E-state index in [0.717, 1.165) is 17.1 Å². The van der Waals surface area contributed by atoms with E-state index in [0.29, 0.717) is 12.2 Å². The van der Waals surface area contributed by atoms with Crippen LogP contribution in [-0.2, 0) is 12.3 Å². The number of rotatable bonds is 4. The first-order valence-electron chi connectivity index (χ1n) is 6.57. The summed E-state index contributed by atoms with van der Waals surface area (Å²) in [7, 11) is 0. The zero-order valence-electron chi connectivity index (χ0n) is 11.2. The van der Waals surface area contributed by atoms with Gasteiger partial charge in [0, 0.05) is 12.1 Å². The molecule has 0 aliphatic rings. The third-order valence-electron chi connectivity index (χ3n) is 3.18. The average molecular weight is 302 g/mol. The standard InChI is InChI=1S/C16H13ClFN3/c17-11-16-20-19-15(10-12-5-4-6-13(18)9-12)21(16)14-7-2-1-3-8-14/h1-9H,10-11H2. The molecule has 1 aromatic heterocycles. The summed E-state index contributed by atoms with van der Waals surface area (Å²) in [4.78, 5) is 0. The number of hydrogen-bond donors (Lipinski definition) is 0. The largest absolute Gasteiger partial charge is 0.282 e. The first-order chi connectivity index (χ1) is 10.3. The molecule has 3 nitrogen and oxygen atoms in total. The summed E-state index contributed by atoms with van der Waals surface area (Å²) in [6.45, 7) is 0. The van der Waals surface area contributed by atoms with Gasteiger partial charge in [-0.1, -0.05) is 30.3 Å². The van der Waals surface area contributed by atoms with Crippen molar-refractivity contribution in [1.29, 1.82) is 0 Å². The van der Waals surface area contributed by atoms with E-state index in [1.54, 1.807) is 6.07 Å². The molecule has 0 aliphatic heterocycles. The van der Waals surface area contributed by atoms with Crippen molar-refractivity contribution in [3.8, 4) is 5.69 Å². The molecule has 0 saturated heterocycles. The lowest BCUT2D eigenvalue weighted by Gasteiger charge is -2.09. The maximum Gasteiger partial charge on any atom is 0.152 e. The van der Waals surface area contributed by atoms with Crippen molar-refractivity contribution in [2.45, 2.75) is 12.3 Å². The van der Waals surface area contributed by atoms with Crippen LogP contribution in [0.25, 0.3) is 5.69 Å². The summed E-state index contributed by atoms with van der Waals surface area (Å²) in [5.74, 6) is 1.43. The number of halogens is 2. The maximum absolute atomic E-state index is 13.3. The van der Waals surface area contributed by atoms with Gasteiger partial charge in [0.05, 0.1) is 5.88 Å². The Morgan fingerprint density at radius 3 is 2.43 bits per heavy atom. The van der Waals surface area contributed by atoms with Crippen LogP contribution in [0.1, 0.15) is 17.2 Å². The summed E-state index contributed by atoms with van der Waals surface area (Å²) < 4.78 is 15.2. The fraction of sp³-hybridized carbons (Fsp3) is 0.125. The van der Waals surface area contributed by atoms with Gasteiger partial charge >= 0.3 is 0 Å². The summed E-state index contributed by atoms with van der Waals surface area (Å²) >= 11 is 5.94. The van der Waals surface area contributed by atoms with E-state index in [2.05, 4.69) is 10.2 Å². The van der Waals surface area contributed by atoms with Gasteiger partial charge in [-0.2, -0.15) is 0 Å². The second-order valence-electron chi connectivity index (χ2n) is 4.64. The first kappa shape index (κ1) is 13.8. The highest BCUT2D eigenvalue weighted by Gasteiger charge is 2.13. The molecule has 106 valence electrons. The topological polar surface area (TPSA) is 30.7 Å². The van der Waals surface area contributed by atoms with Gasteiger partial charge in [-0.25, -0.2) is 4.39 Å². The molecule has 0 saturated carbocycles. The molecule has 0 amide bonds. The number of benzene rings is 2. The lowest BCUT2D eigenvalue weighted by Crippen LogP contribution is -2.05. The zero-order valence-corrected chi connectivity index (χ0v) is 12.0. The lowest BCUT2D eigenvalue weighted by molar-refractivity contribution is 0.625. The zero-order chi connectivity index (χ0) is 14.7. The van der Waals surface area contributed by atoms with Crippen LogP contribution in [0.5, 0.6) is 0 Å². The molecule has 0 N–H and O–H groups in total. The third kappa shape index (κ3) is 2.95. The minimum atomic E-state index is -0.254. The van der Waals surface area contributed by atoms with Gasteiger partial charge in [0.2, 0.25) is 0 Å². The van der Waals surface area contributed by atoms with Crippen molar-refractivity contribution in [3.05, 3.63) is 77.6 Å². The Labute approximate surface area is 127 Å². The molecule has 0 unspecified atom stereocenters. The van der Waals surface area contributed by atoms with Gasteiger partial charge in [-0.15, -0.1) is 21.8 Å². The predicted molar refractivity (Wildman–Crippen MR) is 80.1 cm³/mol. The van der Waals surface area contributed by atoms with Crippen molar-refractivity contribution in [2.24, 2.45) is 0 Å². The van der Waals surface area contributed by atoms with Crippen LogP contribution in [-0.4, -0.2) is 14.8 Å². The van der Waals surface area contributed by atoms with Crippen LogP contribution >= 0.6 is 11.6 Å². The van der Waals surface area contributed by atoms with E-state index in [1.807, 2.05) is 41.0 Å². The highest BCUT2D eigenvalue weighted by Crippen LogP contribution is 2.17. The van der Waals surface area contributed by atoms with Crippen molar-refractivity contribution in [1.82, 2.24) is 14.8 Å². The minimum absolute atomic E-state index is 0.254. The van der Waals surface area contributed by atoms with E-state index in [9.17, 15) is 4.39 Å². The second kappa shape index (κ2) is 6.06. The van der Waals surface area contributed by atoms with Crippen LogP contribution in [0.15, 0.2) is 54.6 Å². The van der Waals surface area contributed by atoms with E-state index in [4.69, 9.17) is 11.6 Å². The fourth-order valence-corrected chi connectivity index (χ4v) is 2.43. The van der Waals surface area contributed by atoms with Crippen LogP contribution in [0.4, 0.5) is 4.39 Å². The average Bonchev–Trinajstić information content (AvgIpc) is 2.91. The molecule has 0 bridgehead atoms.